The number of nitrogens with zero attached hydrogens (tertiary/aromatic N) is 4. The van der Waals surface area contributed by atoms with Crippen LogP contribution in [0.25, 0.3) is 0 Å². The first kappa shape index (κ1) is 20.6. The van der Waals surface area contributed by atoms with Gasteiger partial charge in [0.05, 0.1) is 10.6 Å². The van der Waals surface area contributed by atoms with Crippen LogP contribution < -0.4 is 4.90 Å². The molecule has 0 saturated carbocycles. The molecule has 0 bridgehead atoms. The van der Waals surface area contributed by atoms with E-state index < -0.39 is 4.92 Å². The zero-order chi connectivity index (χ0) is 21.6. The maximum Gasteiger partial charge on any atom is 0.270 e. The van der Waals surface area contributed by atoms with E-state index in [1.54, 1.807) is 0 Å². The van der Waals surface area contributed by atoms with E-state index in [0.29, 0.717) is 5.56 Å². The van der Waals surface area contributed by atoms with Crippen molar-refractivity contribution < 1.29 is 10.0 Å². The number of aromatic hydroxyl groups is 1. The Kier molecular flexibility index (Phi) is 6.24. The number of aliphatic imine (C=N–C) groups is 1. The minimum absolute atomic E-state index is 0.0423. The molecule has 0 unspecified atom stereocenters. The lowest BCUT2D eigenvalue weighted by atomic mass is 10.2. The topological polar surface area (TPSA) is 82.2 Å². The fourth-order valence-corrected chi connectivity index (χ4v) is 3.66. The molecule has 31 heavy (non-hydrogen) atoms. The monoisotopic (exact) mass is 416 g/mol. The van der Waals surface area contributed by atoms with Gasteiger partial charge in [0.1, 0.15) is 5.75 Å². The van der Waals surface area contributed by atoms with Gasteiger partial charge in [-0.25, -0.2) is 0 Å². The summed E-state index contributed by atoms with van der Waals surface area (Å²) in [5, 5.41) is 20.8. The van der Waals surface area contributed by atoms with Crippen LogP contribution in [0.5, 0.6) is 5.75 Å². The molecule has 0 radical (unpaired) electrons. The average Bonchev–Trinajstić information content (AvgIpc) is 2.80. The number of phenols is 1. The SMILES string of the molecule is O=[N+]([O-])c1ccc(O)c(C=Nc2ccc(N3CCN(Cc4ccccc4)CC3)cc2)c1. The summed E-state index contributed by atoms with van der Waals surface area (Å²) < 4.78 is 0. The molecule has 0 atom stereocenters. The van der Waals surface area contributed by atoms with Crippen LogP contribution in [0.3, 0.4) is 0 Å². The summed E-state index contributed by atoms with van der Waals surface area (Å²) in [5.74, 6) is -0.0423. The summed E-state index contributed by atoms with van der Waals surface area (Å²) in [6.07, 6.45) is 1.44. The molecule has 1 fully saturated rings. The van der Waals surface area contributed by atoms with E-state index >= 15 is 0 Å². The van der Waals surface area contributed by atoms with Gasteiger partial charge in [0.15, 0.2) is 0 Å². The number of anilines is 1. The predicted molar refractivity (Wildman–Crippen MR) is 122 cm³/mol. The Morgan fingerprint density at radius 1 is 0.968 bits per heavy atom. The number of benzene rings is 3. The summed E-state index contributed by atoms with van der Waals surface area (Å²) in [4.78, 5) is 19.6. The largest absolute Gasteiger partial charge is 0.507 e. The van der Waals surface area contributed by atoms with E-state index in [-0.39, 0.29) is 11.4 Å². The van der Waals surface area contributed by atoms with E-state index in [4.69, 9.17) is 0 Å². The zero-order valence-corrected chi connectivity index (χ0v) is 17.1. The van der Waals surface area contributed by atoms with Crippen molar-refractivity contribution in [3.05, 3.63) is 94.0 Å². The van der Waals surface area contributed by atoms with Gasteiger partial charge < -0.3 is 10.0 Å². The Labute approximate surface area is 181 Å². The fraction of sp³-hybridized carbons (Fsp3) is 0.208. The summed E-state index contributed by atoms with van der Waals surface area (Å²) in [6.45, 7) is 4.95. The first-order valence-electron chi connectivity index (χ1n) is 10.2. The van der Waals surface area contributed by atoms with Crippen molar-refractivity contribution in [2.45, 2.75) is 6.54 Å². The van der Waals surface area contributed by atoms with Crippen molar-refractivity contribution in [1.29, 1.82) is 0 Å². The zero-order valence-electron chi connectivity index (χ0n) is 17.1. The molecule has 1 aliphatic rings. The standard InChI is InChI=1S/C24H24N4O3/c29-24-11-10-23(28(30)31)16-20(24)17-25-21-6-8-22(9-7-21)27-14-12-26(13-15-27)18-19-4-2-1-3-5-19/h1-11,16-17,29H,12-15,18H2. The lowest BCUT2D eigenvalue weighted by molar-refractivity contribution is -0.384. The first-order chi connectivity index (χ1) is 15.1. The fourth-order valence-electron chi connectivity index (χ4n) is 3.66. The quantitative estimate of drug-likeness (QED) is 0.366. The van der Waals surface area contributed by atoms with Crippen LogP contribution in [0.4, 0.5) is 17.1 Å². The van der Waals surface area contributed by atoms with Crippen LogP contribution >= 0.6 is 0 Å². The van der Waals surface area contributed by atoms with Gasteiger partial charge in [-0.05, 0) is 35.9 Å². The molecule has 1 heterocycles. The minimum atomic E-state index is -0.495. The molecule has 1 saturated heterocycles. The lowest BCUT2D eigenvalue weighted by Gasteiger charge is -2.36. The van der Waals surface area contributed by atoms with Crippen molar-refractivity contribution in [3.63, 3.8) is 0 Å². The third-order valence-corrected chi connectivity index (χ3v) is 5.41. The second-order valence-electron chi connectivity index (χ2n) is 7.52. The Hall–Kier alpha value is -3.71. The number of piperazine rings is 1. The van der Waals surface area contributed by atoms with E-state index in [0.717, 1.165) is 44.1 Å². The van der Waals surface area contributed by atoms with Crippen LogP contribution in [0.1, 0.15) is 11.1 Å². The number of nitro groups is 1. The second kappa shape index (κ2) is 9.40. The van der Waals surface area contributed by atoms with E-state index in [1.807, 2.05) is 30.3 Å². The summed E-state index contributed by atoms with van der Waals surface area (Å²) in [7, 11) is 0. The molecule has 0 aromatic heterocycles. The Morgan fingerprint density at radius 3 is 2.35 bits per heavy atom. The molecule has 0 amide bonds. The summed E-state index contributed by atoms with van der Waals surface area (Å²) in [5.41, 5.74) is 3.44. The van der Waals surface area contributed by atoms with Gasteiger partial charge in [-0.2, -0.15) is 0 Å². The maximum atomic E-state index is 10.9. The Bertz CT molecular complexity index is 1060. The van der Waals surface area contributed by atoms with E-state index in [1.165, 1.54) is 30.0 Å². The lowest BCUT2D eigenvalue weighted by Crippen LogP contribution is -2.45. The van der Waals surface area contributed by atoms with Gasteiger partial charge in [0, 0.05) is 62.3 Å². The molecule has 7 nitrogen and oxygen atoms in total. The van der Waals surface area contributed by atoms with Crippen LogP contribution in [0.2, 0.25) is 0 Å². The van der Waals surface area contributed by atoms with Gasteiger partial charge in [-0.1, -0.05) is 30.3 Å². The van der Waals surface area contributed by atoms with Gasteiger partial charge in [0.2, 0.25) is 0 Å². The number of nitro benzene ring substituents is 1. The Balaban J connectivity index is 1.35. The highest BCUT2D eigenvalue weighted by Gasteiger charge is 2.17. The third-order valence-electron chi connectivity index (χ3n) is 5.41. The molecule has 158 valence electrons. The van der Waals surface area contributed by atoms with E-state index in [2.05, 4.69) is 39.1 Å². The molecule has 1 N–H and O–H groups in total. The van der Waals surface area contributed by atoms with Gasteiger partial charge in [-0.15, -0.1) is 0 Å². The van der Waals surface area contributed by atoms with Gasteiger partial charge in [-0.3, -0.25) is 20.0 Å². The molecular weight excluding hydrogens is 392 g/mol. The highest BCUT2D eigenvalue weighted by molar-refractivity contribution is 5.86. The average molecular weight is 416 g/mol. The maximum absolute atomic E-state index is 10.9. The second-order valence-corrected chi connectivity index (χ2v) is 7.52. The molecule has 3 aromatic rings. The highest BCUT2D eigenvalue weighted by atomic mass is 16.6. The molecule has 7 heteroatoms. The Morgan fingerprint density at radius 2 is 1.68 bits per heavy atom. The normalized spacial score (nSPS) is 14.8. The molecule has 3 aromatic carbocycles. The smallest absolute Gasteiger partial charge is 0.270 e. The third kappa shape index (κ3) is 5.26. The van der Waals surface area contributed by atoms with Crippen molar-refractivity contribution in [1.82, 2.24) is 4.90 Å². The van der Waals surface area contributed by atoms with Crippen molar-refractivity contribution >= 4 is 23.3 Å². The minimum Gasteiger partial charge on any atom is -0.507 e. The van der Waals surface area contributed by atoms with Crippen LogP contribution in [-0.4, -0.2) is 47.3 Å². The first-order valence-corrected chi connectivity index (χ1v) is 10.2. The number of phenolic OH excluding ortho intramolecular Hbond substituents is 1. The van der Waals surface area contributed by atoms with Crippen molar-refractivity contribution in [3.8, 4) is 5.75 Å². The van der Waals surface area contributed by atoms with E-state index in [9.17, 15) is 15.2 Å². The number of non-ortho nitro benzene ring substituents is 1. The van der Waals surface area contributed by atoms with Crippen molar-refractivity contribution in [2.75, 3.05) is 31.1 Å². The molecule has 1 aliphatic heterocycles. The number of hydrogen-bond acceptors (Lipinski definition) is 6. The summed E-state index contributed by atoms with van der Waals surface area (Å²) >= 11 is 0. The van der Waals surface area contributed by atoms with Gasteiger partial charge >= 0.3 is 0 Å². The van der Waals surface area contributed by atoms with Gasteiger partial charge in [0.25, 0.3) is 5.69 Å². The number of rotatable bonds is 6. The van der Waals surface area contributed by atoms with Crippen LogP contribution in [0.15, 0.2) is 77.8 Å². The predicted octanol–water partition coefficient (Wildman–Crippen LogP) is 4.37. The molecule has 0 aliphatic carbocycles. The molecule has 4 rings (SSSR count). The number of hydrogen-bond donors (Lipinski definition) is 1. The summed E-state index contributed by atoms with van der Waals surface area (Å²) in [6, 6.07) is 22.3. The van der Waals surface area contributed by atoms with Crippen LogP contribution in [-0.2, 0) is 6.54 Å². The molecule has 0 spiro atoms. The van der Waals surface area contributed by atoms with Crippen molar-refractivity contribution in [2.24, 2.45) is 4.99 Å². The molecular formula is C24H24N4O3. The van der Waals surface area contributed by atoms with Crippen LogP contribution in [0, 0.1) is 10.1 Å². The highest BCUT2D eigenvalue weighted by Crippen LogP contribution is 2.24.